The average molecular weight is 493 g/mol. The first-order valence-electron chi connectivity index (χ1n) is 12.4. The summed E-state index contributed by atoms with van der Waals surface area (Å²) < 4.78 is 12.4. The van der Waals surface area contributed by atoms with E-state index in [4.69, 9.17) is 9.47 Å². The standard InChI is InChI=1S/C26H32N6O4/c1-35-22-8-5-18(15-23(22)36-2)21-9-10-28-24-16-20(30-32(21)24)25(33)29-19-6-3-17(4-7-19)26(34)31-13-11-27-12-14-31/h5,8-10,15-17,19,27H,3-4,6-7,11-14H2,1-2H3,(H,29,33)/t17-,19+. The zero-order valence-corrected chi connectivity index (χ0v) is 20.7. The number of fused-ring (bicyclic) bond motifs is 1. The molecule has 5 rings (SSSR count). The Morgan fingerprint density at radius 3 is 2.47 bits per heavy atom. The van der Waals surface area contributed by atoms with Gasteiger partial charge in [-0.1, -0.05) is 0 Å². The van der Waals surface area contributed by atoms with E-state index in [0.717, 1.165) is 63.1 Å². The summed E-state index contributed by atoms with van der Waals surface area (Å²) in [5.74, 6) is 1.33. The number of benzene rings is 1. The lowest BCUT2D eigenvalue weighted by molar-refractivity contribution is -0.137. The molecule has 1 aromatic carbocycles. The quantitative estimate of drug-likeness (QED) is 0.542. The van der Waals surface area contributed by atoms with Crippen LogP contribution in [0.15, 0.2) is 36.5 Å². The SMILES string of the molecule is COc1ccc(-c2ccnc3cc(C(=O)N[C@H]4CC[C@@H](C(=O)N5CCNCC5)CC4)nn23)cc1OC. The second-order valence-corrected chi connectivity index (χ2v) is 9.30. The van der Waals surface area contributed by atoms with Crippen LogP contribution in [-0.4, -0.2) is 77.8 Å². The molecule has 1 aliphatic carbocycles. The maximum Gasteiger partial charge on any atom is 0.272 e. The second kappa shape index (κ2) is 10.5. The van der Waals surface area contributed by atoms with Gasteiger partial charge in [0, 0.05) is 56.0 Å². The normalized spacial score (nSPS) is 20.2. The first-order valence-corrected chi connectivity index (χ1v) is 12.4. The molecule has 10 nitrogen and oxygen atoms in total. The fraction of sp³-hybridized carbons (Fsp3) is 0.462. The molecule has 10 heteroatoms. The molecule has 190 valence electrons. The van der Waals surface area contributed by atoms with E-state index < -0.39 is 0 Å². The van der Waals surface area contributed by atoms with Gasteiger partial charge >= 0.3 is 0 Å². The summed E-state index contributed by atoms with van der Waals surface area (Å²) in [6.07, 6.45) is 4.86. The topological polar surface area (TPSA) is 110 Å². The molecule has 0 unspecified atom stereocenters. The third-order valence-corrected chi connectivity index (χ3v) is 7.11. The summed E-state index contributed by atoms with van der Waals surface area (Å²) in [6.45, 7) is 3.28. The van der Waals surface area contributed by atoms with Crippen LogP contribution in [0.5, 0.6) is 11.5 Å². The van der Waals surface area contributed by atoms with Crippen LogP contribution in [-0.2, 0) is 4.79 Å². The summed E-state index contributed by atoms with van der Waals surface area (Å²) >= 11 is 0. The van der Waals surface area contributed by atoms with Crippen molar-refractivity contribution in [1.82, 2.24) is 30.1 Å². The highest BCUT2D eigenvalue weighted by molar-refractivity contribution is 5.93. The van der Waals surface area contributed by atoms with E-state index in [-0.39, 0.29) is 23.8 Å². The number of rotatable bonds is 6. The fourth-order valence-corrected chi connectivity index (χ4v) is 5.11. The van der Waals surface area contributed by atoms with E-state index in [1.165, 1.54) is 0 Å². The minimum absolute atomic E-state index is 0.0349. The molecule has 3 heterocycles. The van der Waals surface area contributed by atoms with Crippen LogP contribution in [0.4, 0.5) is 0 Å². The van der Waals surface area contributed by atoms with Gasteiger partial charge in [-0.2, -0.15) is 5.10 Å². The molecule has 1 saturated carbocycles. The van der Waals surface area contributed by atoms with Crippen LogP contribution in [0.2, 0.25) is 0 Å². The zero-order chi connectivity index (χ0) is 25.1. The highest BCUT2D eigenvalue weighted by Gasteiger charge is 2.31. The van der Waals surface area contributed by atoms with Crippen LogP contribution in [0.1, 0.15) is 36.2 Å². The molecular weight excluding hydrogens is 460 g/mol. The van der Waals surface area contributed by atoms with Gasteiger partial charge in [0.05, 0.1) is 19.9 Å². The number of nitrogens with zero attached hydrogens (tertiary/aromatic N) is 4. The number of hydrogen-bond donors (Lipinski definition) is 2. The third-order valence-electron chi connectivity index (χ3n) is 7.11. The highest BCUT2D eigenvalue weighted by Crippen LogP contribution is 2.32. The van der Waals surface area contributed by atoms with Gasteiger partial charge in [-0.05, 0) is 49.9 Å². The Labute approximate surface area is 210 Å². The Balaban J connectivity index is 1.26. The van der Waals surface area contributed by atoms with E-state index in [2.05, 4.69) is 20.7 Å². The van der Waals surface area contributed by atoms with Gasteiger partial charge in [-0.15, -0.1) is 0 Å². The van der Waals surface area contributed by atoms with Crippen molar-refractivity contribution in [3.8, 4) is 22.8 Å². The van der Waals surface area contributed by atoms with Crippen LogP contribution in [0, 0.1) is 5.92 Å². The maximum atomic E-state index is 13.0. The molecule has 2 N–H and O–H groups in total. The van der Waals surface area contributed by atoms with E-state index in [1.54, 1.807) is 31.0 Å². The molecule has 2 amide bonds. The number of methoxy groups -OCH3 is 2. The van der Waals surface area contributed by atoms with Crippen LogP contribution in [0.25, 0.3) is 16.9 Å². The van der Waals surface area contributed by atoms with Crippen LogP contribution in [0.3, 0.4) is 0 Å². The number of aromatic nitrogens is 3. The molecule has 2 aliphatic rings. The molecule has 1 aliphatic heterocycles. The van der Waals surface area contributed by atoms with E-state index in [9.17, 15) is 9.59 Å². The number of nitrogens with one attached hydrogen (secondary N) is 2. The Hall–Kier alpha value is -3.66. The molecule has 0 bridgehead atoms. The lowest BCUT2D eigenvalue weighted by atomic mass is 9.85. The molecular formula is C26H32N6O4. The number of ether oxygens (including phenoxy) is 2. The van der Waals surface area contributed by atoms with Gasteiger partial charge in [0.25, 0.3) is 5.91 Å². The smallest absolute Gasteiger partial charge is 0.272 e. The minimum atomic E-state index is -0.226. The van der Waals surface area contributed by atoms with Gasteiger partial charge in [-0.25, -0.2) is 9.50 Å². The Kier molecular flexibility index (Phi) is 7.04. The predicted molar refractivity (Wildman–Crippen MR) is 134 cm³/mol. The van der Waals surface area contributed by atoms with E-state index in [0.29, 0.717) is 22.8 Å². The maximum absolute atomic E-state index is 13.0. The Morgan fingerprint density at radius 1 is 1.00 bits per heavy atom. The Bertz CT molecular complexity index is 1240. The molecule has 1 saturated heterocycles. The van der Waals surface area contributed by atoms with Crippen molar-refractivity contribution in [3.63, 3.8) is 0 Å². The lowest BCUT2D eigenvalue weighted by Crippen LogP contribution is -2.49. The number of carbonyl (C=O) groups is 2. The van der Waals surface area contributed by atoms with Gasteiger partial charge < -0.3 is 25.0 Å². The van der Waals surface area contributed by atoms with Crippen molar-refractivity contribution in [2.24, 2.45) is 5.92 Å². The lowest BCUT2D eigenvalue weighted by Gasteiger charge is -2.34. The largest absolute Gasteiger partial charge is 0.493 e. The van der Waals surface area contributed by atoms with E-state index in [1.807, 2.05) is 29.2 Å². The molecule has 0 atom stereocenters. The van der Waals surface area contributed by atoms with Gasteiger partial charge in [0.15, 0.2) is 22.8 Å². The van der Waals surface area contributed by atoms with Crippen LogP contribution < -0.4 is 20.1 Å². The number of carbonyl (C=O) groups excluding carboxylic acids is 2. The second-order valence-electron chi connectivity index (χ2n) is 9.30. The van der Waals surface area contributed by atoms with Gasteiger partial charge in [0.2, 0.25) is 5.91 Å². The van der Waals surface area contributed by atoms with E-state index >= 15 is 0 Å². The molecule has 3 aromatic rings. The Morgan fingerprint density at radius 2 is 1.75 bits per heavy atom. The fourth-order valence-electron chi connectivity index (χ4n) is 5.11. The van der Waals surface area contributed by atoms with Gasteiger partial charge in [0.1, 0.15) is 0 Å². The summed E-state index contributed by atoms with van der Waals surface area (Å²) in [5, 5.41) is 11.0. The van der Waals surface area contributed by atoms with Crippen molar-refractivity contribution in [3.05, 3.63) is 42.2 Å². The summed E-state index contributed by atoms with van der Waals surface area (Å²) in [5.41, 5.74) is 2.54. The van der Waals surface area contributed by atoms with Crippen molar-refractivity contribution in [2.45, 2.75) is 31.7 Å². The monoisotopic (exact) mass is 492 g/mol. The van der Waals surface area contributed by atoms with Crippen molar-refractivity contribution >= 4 is 17.5 Å². The molecule has 0 radical (unpaired) electrons. The zero-order valence-electron chi connectivity index (χ0n) is 20.7. The minimum Gasteiger partial charge on any atom is -0.493 e. The van der Waals surface area contributed by atoms with Crippen molar-refractivity contribution in [2.75, 3.05) is 40.4 Å². The predicted octanol–water partition coefficient (Wildman–Crippen LogP) is 2.13. The molecule has 36 heavy (non-hydrogen) atoms. The molecule has 0 spiro atoms. The summed E-state index contributed by atoms with van der Waals surface area (Å²) in [4.78, 5) is 32.2. The number of piperazine rings is 1. The summed E-state index contributed by atoms with van der Waals surface area (Å²) in [6, 6.07) is 9.19. The summed E-state index contributed by atoms with van der Waals surface area (Å²) in [7, 11) is 3.19. The van der Waals surface area contributed by atoms with Crippen LogP contribution >= 0.6 is 0 Å². The van der Waals surface area contributed by atoms with Crippen molar-refractivity contribution < 1.29 is 19.1 Å². The third kappa shape index (κ3) is 4.86. The number of hydrogen-bond acceptors (Lipinski definition) is 7. The van der Waals surface area contributed by atoms with Gasteiger partial charge in [-0.3, -0.25) is 9.59 Å². The highest BCUT2D eigenvalue weighted by atomic mass is 16.5. The number of amides is 2. The molecule has 2 fully saturated rings. The molecule has 2 aromatic heterocycles. The van der Waals surface area contributed by atoms with Crippen molar-refractivity contribution in [1.29, 1.82) is 0 Å². The first-order chi connectivity index (χ1) is 17.6. The first kappa shape index (κ1) is 24.1. The average Bonchev–Trinajstić information content (AvgIpc) is 3.38.